The van der Waals surface area contributed by atoms with Crippen LogP contribution in [0, 0.1) is 5.92 Å². The van der Waals surface area contributed by atoms with Gasteiger partial charge in [-0.3, -0.25) is 4.79 Å². The van der Waals surface area contributed by atoms with Gasteiger partial charge in [-0.05, 0) is 37.7 Å². The number of methoxy groups -OCH3 is 1. The molecule has 1 saturated heterocycles. The highest BCUT2D eigenvalue weighted by molar-refractivity contribution is 7.89. The summed E-state index contributed by atoms with van der Waals surface area (Å²) in [5.74, 6) is -0.176. The van der Waals surface area contributed by atoms with E-state index in [0.717, 1.165) is 31.2 Å². The molecule has 6 nitrogen and oxygen atoms in total. The highest BCUT2D eigenvalue weighted by atomic mass is 32.2. The second kappa shape index (κ2) is 10.6. The van der Waals surface area contributed by atoms with Crippen molar-refractivity contribution in [1.29, 1.82) is 0 Å². The van der Waals surface area contributed by atoms with Gasteiger partial charge < -0.3 is 10.1 Å². The van der Waals surface area contributed by atoms with Crippen molar-refractivity contribution in [3.8, 4) is 0 Å². The number of aryl methyl sites for hydroxylation is 1. The lowest BCUT2D eigenvalue weighted by molar-refractivity contribution is -0.126. The van der Waals surface area contributed by atoms with Gasteiger partial charge in [0.15, 0.2) is 0 Å². The molecule has 1 unspecified atom stereocenters. The van der Waals surface area contributed by atoms with Crippen LogP contribution in [0.4, 0.5) is 0 Å². The second-order valence-corrected chi connectivity index (χ2v) is 8.83. The third kappa shape index (κ3) is 6.70. The van der Waals surface area contributed by atoms with Crippen molar-refractivity contribution in [2.75, 3.05) is 39.1 Å². The van der Waals surface area contributed by atoms with E-state index in [9.17, 15) is 13.2 Å². The molecule has 146 valence electrons. The lowest BCUT2D eigenvalue weighted by atomic mass is 9.99. The number of nitrogens with zero attached hydrogens (tertiary/aromatic N) is 1. The summed E-state index contributed by atoms with van der Waals surface area (Å²) in [5.41, 5.74) is 1.15. The number of hydrogen-bond donors (Lipinski definition) is 1. The third-order valence-corrected chi connectivity index (χ3v) is 6.61. The molecule has 0 saturated carbocycles. The van der Waals surface area contributed by atoms with Gasteiger partial charge in [0.05, 0.1) is 11.7 Å². The maximum Gasteiger partial charge on any atom is 0.224 e. The first-order valence-corrected chi connectivity index (χ1v) is 10.9. The summed E-state index contributed by atoms with van der Waals surface area (Å²) < 4.78 is 31.7. The summed E-state index contributed by atoms with van der Waals surface area (Å²) in [4.78, 5) is 12.3. The van der Waals surface area contributed by atoms with Crippen molar-refractivity contribution < 1.29 is 17.9 Å². The summed E-state index contributed by atoms with van der Waals surface area (Å²) in [6.07, 6.45) is 3.57. The molecule has 1 amide bonds. The van der Waals surface area contributed by atoms with Crippen LogP contribution in [-0.4, -0.2) is 57.7 Å². The van der Waals surface area contributed by atoms with Gasteiger partial charge in [-0.2, -0.15) is 0 Å². The third-order valence-electron chi connectivity index (χ3n) is 4.68. The maximum atomic E-state index is 12.6. The molecule has 0 aromatic heterocycles. The molecule has 0 bridgehead atoms. The molecule has 1 aliphatic rings. The van der Waals surface area contributed by atoms with E-state index in [1.807, 2.05) is 30.3 Å². The molecule has 0 spiro atoms. The van der Waals surface area contributed by atoms with Crippen LogP contribution in [0.5, 0.6) is 0 Å². The molecule has 1 N–H and O–H groups in total. The first-order valence-electron chi connectivity index (χ1n) is 9.31. The van der Waals surface area contributed by atoms with Crippen LogP contribution in [0.2, 0.25) is 0 Å². The Balaban J connectivity index is 1.79. The molecule has 0 radical (unpaired) electrons. The van der Waals surface area contributed by atoms with Gasteiger partial charge in [-0.25, -0.2) is 12.7 Å². The van der Waals surface area contributed by atoms with E-state index in [1.54, 1.807) is 7.11 Å². The second-order valence-electron chi connectivity index (χ2n) is 6.74. The monoisotopic (exact) mass is 382 g/mol. The number of benzene rings is 1. The Labute approximate surface area is 157 Å². The Bertz CT molecular complexity index is 649. The predicted octanol–water partition coefficient (Wildman–Crippen LogP) is 1.81. The normalized spacial score (nSPS) is 18.6. The fourth-order valence-electron chi connectivity index (χ4n) is 3.21. The van der Waals surface area contributed by atoms with Gasteiger partial charge >= 0.3 is 0 Å². The van der Waals surface area contributed by atoms with Gasteiger partial charge in [0, 0.05) is 33.4 Å². The standard InChI is InChI=1S/C19H30N2O4S/c1-25-14-7-12-20-19(22)18-11-5-13-21(16-18)26(23,24)15-6-10-17-8-3-2-4-9-17/h2-4,8-9,18H,5-7,10-16H2,1H3,(H,20,22). The number of nitrogens with one attached hydrogen (secondary N) is 1. The van der Waals surface area contributed by atoms with E-state index in [-0.39, 0.29) is 17.6 Å². The SMILES string of the molecule is COCCCNC(=O)C1CCCN(S(=O)(=O)CCCc2ccccc2)C1. The molecular weight excluding hydrogens is 352 g/mol. The number of ether oxygens (including phenoxy) is 1. The van der Waals surface area contributed by atoms with Gasteiger partial charge in [0.1, 0.15) is 0 Å². The van der Waals surface area contributed by atoms with E-state index < -0.39 is 10.0 Å². The quantitative estimate of drug-likeness (QED) is 0.626. The Morgan fingerprint density at radius 1 is 1.27 bits per heavy atom. The van der Waals surface area contributed by atoms with Gasteiger partial charge in [0.25, 0.3) is 0 Å². The molecule has 7 heteroatoms. The van der Waals surface area contributed by atoms with Crippen LogP contribution in [0.1, 0.15) is 31.2 Å². The lowest BCUT2D eigenvalue weighted by Gasteiger charge is -2.31. The van der Waals surface area contributed by atoms with Gasteiger partial charge in [0.2, 0.25) is 15.9 Å². The highest BCUT2D eigenvalue weighted by Gasteiger charge is 2.31. The van der Waals surface area contributed by atoms with Crippen molar-refractivity contribution in [2.45, 2.75) is 32.1 Å². The van der Waals surface area contributed by atoms with Crippen molar-refractivity contribution >= 4 is 15.9 Å². The number of carbonyl (C=O) groups excluding carboxylic acids is 1. The fraction of sp³-hybridized carbons (Fsp3) is 0.632. The molecule has 1 aromatic carbocycles. The largest absolute Gasteiger partial charge is 0.385 e. The Hall–Kier alpha value is -1.44. The number of amides is 1. The predicted molar refractivity (Wildman–Crippen MR) is 102 cm³/mol. The summed E-state index contributed by atoms with van der Waals surface area (Å²) >= 11 is 0. The minimum Gasteiger partial charge on any atom is -0.385 e. The van der Waals surface area contributed by atoms with Crippen molar-refractivity contribution in [2.24, 2.45) is 5.92 Å². The molecule has 26 heavy (non-hydrogen) atoms. The summed E-state index contributed by atoms with van der Waals surface area (Å²) in [6, 6.07) is 9.90. The van der Waals surface area contributed by atoms with E-state index >= 15 is 0 Å². The van der Waals surface area contributed by atoms with Crippen LogP contribution in [0.25, 0.3) is 0 Å². The van der Waals surface area contributed by atoms with Crippen LogP contribution in [0.3, 0.4) is 0 Å². The zero-order chi connectivity index (χ0) is 18.8. The van der Waals surface area contributed by atoms with E-state index in [1.165, 1.54) is 4.31 Å². The number of carbonyl (C=O) groups is 1. The molecule has 1 aliphatic heterocycles. The first-order chi connectivity index (χ1) is 12.5. The molecular formula is C19H30N2O4S. The van der Waals surface area contributed by atoms with Gasteiger partial charge in [-0.15, -0.1) is 0 Å². The van der Waals surface area contributed by atoms with E-state index in [4.69, 9.17) is 4.74 Å². The number of rotatable bonds is 10. The Morgan fingerprint density at radius 3 is 2.77 bits per heavy atom. The van der Waals surface area contributed by atoms with Crippen LogP contribution in [-0.2, 0) is 26.0 Å². The molecule has 1 heterocycles. The van der Waals surface area contributed by atoms with Gasteiger partial charge in [-0.1, -0.05) is 30.3 Å². The van der Waals surface area contributed by atoms with Crippen molar-refractivity contribution in [3.05, 3.63) is 35.9 Å². The number of sulfonamides is 1. The zero-order valence-corrected chi connectivity index (χ0v) is 16.3. The average molecular weight is 383 g/mol. The molecule has 2 rings (SSSR count). The summed E-state index contributed by atoms with van der Waals surface area (Å²) in [6.45, 7) is 1.98. The van der Waals surface area contributed by atoms with Crippen LogP contribution in [0.15, 0.2) is 30.3 Å². The zero-order valence-electron chi connectivity index (χ0n) is 15.5. The fourth-order valence-corrected chi connectivity index (χ4v) is 4.80. The Kier molecular flexibility index (Phi) is 8.54. The van der Waals surface area contributed by atoms with Crippen LogP contribution >= 0.6 is 0 Å². The van der Waals surface area contributed by atoms with E-state index in [2.05, 4.69) is 5.32 Å². The highest BCUT2D eigenvalue weighted by Crippen LogP contribution is 2.20. The lowest BCUT2D eigenvalue weighted by Crippen LogP contribution is -2.46. The van der Waals surface area contributed by atoms with Crippen molar-refractivity contribution in [1.82, 2.24) is 9.62 Å². The summed E-state index contributed by atoms with van der Waals surface area (Å²) in [7, 11) is -1.69. The number of hydrogen-bond acceptors (Lipinski definition) is 4. The minimum absolute atomic E-state index is 0.0507. The Morgan fingerprint density at radius 2 is 2.04 bits per heavy atom. The minimum atomic E-state index is -3.32. The topological polar surface area (TPSA) is 75.7 Å². The first kappa shape index (κ1) is 20.9. The van der Waals surface area contributed by atoms with Crippen molar-refractivity contribution in [3.63, 3.8) is 0 Å². The molecule has 1 fully saturated rings. The smallest absolute Gasteiger partial charge is 0.224 e. The molecule has 0 aliphatic carbocycles. The molecule has 1 aromatic rings. The molecule has 1 atom stereocenters. The average Bonchev–Trinajstić information content (AvgIpc) is 2.66. The number of piperidine rings is 1. The summed E-state index contributed by atoms with van der Waals surface area (Å²) in [5, 5.41) is 2.88. The maximum absolute atomic E-state index is 12.6. The van der Waals surface area contributed by atoms with E-state index in [0.29, 0.717) is 32.7 Å². The van der Waals surface area contributed by atoms with Crippen LogP contribution < -0.4 is 5.32 Å².